The fourth-order valence-corrected chi connectivity index (χ4v) is 1.40. The van der Waals surface area contributed by atoms with Crippen LogP contribution in [0.1, 0.15) is 26.7 Å². The van der Waals surface area contributed by atoms with Crippen LogP contribution in [0.25, 0.3) is 0 Å². The zero-order chi connectivity index (χ0) is 12.5. The van der Waals surface area contributed by atoms with Crippen molar-refractivity contribution in [2.24, 2.45) is 5.92 Å². The van der Waals surface area contributed by atoms with Crippen LogP contribution in [-0.2, 0) is 4.79 Å². The number of urea groups is 1. The van der Waals surface area contributed by atoms with Gasteiger partial charge in [0.2, 0.25) is 0 Å². The van der Waals surface area contributed by atoms with E-state index in [1.165, 1.54) is 38.6 Å². The van der Waals surface area contributed by atoms with E-state index in [1.807, 2.05) is 0 Å². The Morgan fingerprint density at radius 1 is 1.31 bits per heavy atom. The van der Waals surface area contributed by atoms with E-state index in [4.69, 9.17) is 5.11 Å². The number of aliphatic carboxylic acids is 1. The van der Waals surface area contributed by atoms with Gasteiger partial charge in [0.1, 0.15) is 5.54 Å². The van der Waals surface area contributed by atoms with Crippen LogP contribution < -0.4 is 0 Å². The molecule has 0 heterocycles. The van der Waals surface area contributed by atoms with Gasteiger partial charge in [0.15, 0.2) is 0 Å². The molecule has 1 rings (SSSR count). The SMILES string of the molecule is CN(CC1CC1)C(=O)N(C)C(C)(C)C(=O)O. The Morgan fingerprint density at radius 3 is 2.19 bits per heavy atom. The van der Waals surface area contributed by atoms with Gasteiger partial charge in [-0.1, -0.05) is 0 Å². The van der Waals surface area contributed by atoms with E-state index < -0.39 is 11.5 Å². The molecule has 92 valence electrons. The van der Waals surface area contributed by atoms with Gasteiger partial charge in [-0.05, 0) is 32.6 Å². The van der Waals surface area contributed by atoms with Gasteiger partial charge in [0.25, 0.3) is 0 Å². The lowest BCUT2D eigenvalue weighted by atomic mass is 10.0. The quantitative estimate of drug-likeness (QED) is 0.787. The van der Waals surface area contributed by atoms with Crippen molar-refractivity contribution in [2.45, 2.75) is 32.2 Å². The second kappa shape index (κ2) is 4.31. The van der Waals surface area contributed by atoms with E-state index in [0.29, 0.717) is 5.92 Å². The highest BCUT2D eigenvalue weighted by Gasteiger charge is 2.37. The van der Waals surface area contributed by atoms with Crippen LogP contribution in [0.15, 0.2) is 0 Å². The van der Waals surface area contributed by atoms with Crippen LogP contribution in [0.5, 0.6) is 0 Å². The first-order chi connectivity index (χ1) is 7.26. The molecular formula is C11H20N2O3. The number of carbonyl (C=O) groups excluding carboxylic acids is 1. The van der Waals surface area contributed by atoms with E-state index in [-0.39, 0.29) is 6.03 Å². The van der Waals surface area contributed by atoms with Crippen LogP contribution >= 0.6 is 0 Å². The minimum absolute atomic E-state index is 0.237. The fraction of sp³-hybridized carbons (Fsp3) is 0.818. The Bertz CT molecular complexity index is 298. The van der Waals surface area contributed by atoms with Crippen LogP contribution in [0.2, 0.25) is 0 Å². The average molecular weight is 228 g/mol. The predicted octanol–water partition coefficient (Wildman–Crippen LogP) is 1.24. The van der Waals surface area contributed by atoms with Gasteiger partial charge in [-0.2, -0.15) is 0 Å². The van der Waals surface area contributed by atoms with E-state index >= 15 is 0 Å². The molecule has 0 saturated heterocycles. The maximum atomic E-state index is 11.9. The number of nitrogens with zero attached hydrogens (tertiary/aromatic N) is 2. The normalized spacial score (nSPS) is 15.8. The van der Waals surface area contributed by atoms with Crippen LogP contribution in [0.4, 0.5) is 4.79 Å². The van der Waals surface area contributed by atoms with Crippen molar-refractivity contribution in [3.8, 4) is 0 Å². The molecular weight excluding hydrogens is 208 g/mol. The molecule has 1 aliphatic rings. The average Bonchev–Trinajstić information content (AvgIpc) is 2.98. The Kier molecular flexibility index (Phi) is 3.45. The lowest BCUT2D eigenvalue weighted by Crippen LogP contribution is -2.54. The molecule has 0 aromatic carbocycles. The van der Waals surface area contributed by atoms with Gasteiger partial charge >= 0.3 is 12.0 Å². The Morgan fingerprint density at radius 2 is 1.81 bits per heavy atom. The van der Waals surface area contributed by atoms with Crippen molar-refractivity contribution in [3.05, 3.63) is 0 Å². The number of amides is 2. The summed E-state index contributed by atoms with van der Waals surface area (Å²) < 4.78 is 0. The third-order valence-electron chi connectivity index (χ3n) is 3.20. The minimum atomic E-state index is -1.17. The van der Waals surface area contributed by atoms with E-state index in [2.05, 4.69) is 0 Å². The molecule has 0 atom stereocenters. The molecule has 0 spiro atoms. The summed E-state index contributed by atoms with van der Waals surface area (Å²) in [7, 11) is 3.24. The summed E-state index contributed by atoms with van der Waals surface area (Å²) in [6.07, 6.45) is 2.34. The van der Waals surface area contributed by atoms with Gasteiger partial charge in [-0.25, -0.2) is 9.59 Å². The maximum absolute atomic E-state index is 11.9. The van der Waals surface area contributed by atoms with Gasteiger partial charge in [0.05, 0.1) is 0 Å². The molecule has 0 aromatic heterocycles. The highest BCUT2D eigenvalue weighted by molar-refractivity contribution is 5.85. The number of likely N-dealkylation sites (N-methyl/N-ethyl adjacent to an activating group) is 1. The first-order valence-electron chi connectivity index (χ1n) is 5.49. The van der Waals surface area contributed by atoms with Gasteiger partial charge < -0.3 is 14.9 Å². The van der Waals surface area contributed by atoms with Crippen molar-refractivity contribution in [3.63, 3.8) is 0 Å². The zero-order valence-corrected chi connectivity index (χ0v) is 10.4. The number of hydrogen-bond acceptors (Lipinski definition) is 2. The van der Waals surface area contributed by atoms with Crippen molar-refractivity contribution in [1.29, 1.82) is 0 Å². The molecule has 1 fully saturated rings. The molecule has 1 saturated carbocycles. The van der Waals surface area contributed by atoms with Gasteiger partial charge in [-0.3, -0.25) is 0 Å². The predicted molar refractivity (Wildman–Crippen MR) is 60.2 cm³/mol. The fourth-order valence-electron chi connectivity index (χ4n) is 1.40. The first kappa shape index (κ1) is 12.8. The van der Waals surface area contributed by atoms with Crippen molar-refractivity contribution in [2.75, 3.05) is 20.6 Å². The number of carbonyl (C=O) groups is 2. The van der Waals surface area contributed by atoms with E-state index in [9.17, 15) is 9.59 Å². The van der Waals surface area contributed by atoms with Crippen molar-refractivity contribution in [1.82, 2.24) is 9.80 Å². The molecule has 2 amide bonds. The lowest BCUT2D eigenvalue weighted by molar-refractivity contribution is -0.147. The van der Waals surface area contributed by atoms with Crippen molar-refractivity contribution >= 4 is 12.0 Å². The summed E-state index contributed by atoms with van der Waals surface area (Å²) in [5, 5.41) is 9.02. The minimum Gasteiger partial charge on any atom is -0.480 e. The van der Waals surface area contributed by atoms with Crippen LogP contribution in [0.3, 0.4) is 0 Å². The largest absolute Gasteiger partial charge is 0.480 e. The molecule has 5 nitrogen and oxygen atoms in total. The Hall–Kier alpha value is -1.26. The molecule has 16 heavy (non-hydrogen) atoms. The second-order valence-electron chi connectivity index (χ2n) is 5.03. The Labute approximate surface area is 96.0 Å². The number of rotatable bonds is 4. The summed E-state index contributed by atoms with van der Waals surface area (Å²) >= 11 is 0. The van der Waals surface area contributed by atoms with Crippen molar-refractivity contribution < 1.29 is 14.7 Å². The van der Waals surface area contributed by atoms with E-state index in [1.54, 1.807) is 11.9 Å². The molecule has 5 heteroatoms. The topological polar surface area (TPSA) is 60.9 Å². The molecule has 0 radical (unpaired) electrons. The molecule has 1 aliphatic carbocycles. The summed E-state index contributed by atoms with van der Waals surface area (Å²) in [6, 6.07) is -0.237. The molecule has 0 aliphatic heterocycles. The van der Waals surface area contributed by atoms with Gasteiger partial charge in [0, 0.05) is 20.6 Å². The third kappa shape index (κ3) is 2.65. The number of carboxylic acid groups (broad SMARTS) is 1. The number of carboxylic acids is 1. The monoisotopic (exact) mass is 228 g/mol. The highest BCUT2D eigenvalue weighted by Crippen LogP contribution is 2.29. The number of hydrogen-bond donors (Lipinski definition) is 1. The molecule has 0 unspecified atom stereocenters. The van der Waals surface area contributed by atoms with Crippen LogP contribution in [0, 0.1) is 5.92 Å². The van der Waals surface area contributed by atoms with Crippen LogP contribution in [-0.4, -0.2) is 53.1 Å². The highest BCUT2D eigenvalue weighted by atomic mass is 16.4. The first-order valence-corrected chi connectivity index (χ1v) is 5.49. The van der Waals surface area contributed by atoms with E-state index in [0.717, 1.165) is 6.54 Å². The molecule has 0 bridgehead atoms. The maximum Gasteiger partial charge on any atom is 0.329 e. The summed E-state index contributed by atoms with van der Waals surface area (Å²) in [5.41, 5.74) is -1.17. The smallest absolute Gasteiger partial charge is 0.329 e. The third-order valence-corrected chi connectivity index (χ3v) is 3.20. The molecule has 1 N–H and O–H groups in total. The van der Waals surface area contributed by atoms with Gasteiger partial charge in [-0.15, -0.1) is 0 Å². The summed E-state index contributed by atoms with van der Waals surface area (Å²) in [4.78, 5) is 25.8. The summed E-state index contributed by atoms with van der Waals surface area (Å²) in [5.74, 6) is -0.390. The zero-order valence-electron chi connectivity index (χ0n) is 10.4. The lowest BCUT2D eigenvalue weighted by Gasteiger charge is -2.34. The summed E-state index contributed by atoms with van der Waals surface area (Å²) in [6.45, 7) is 3.77. The second-order valence-corrected chi connectivity index (χ2v) is 5.03. The molecule has 0 aromatic rings. The standard InChI is InChI=1S/C11H20N2O3/c1-11(2,9(14)15)13(4)10(16)12(3)7-8-5-6-8/h8H,5-7H2,1-4H3,(H,14,15). The Balaban J connectivity index is 2.60.